The van der Waals surface area contributed by atoms with Crippen molar-refractivity contribution in [2.45, 2.75) is 13.0 Å². The van der Waals surface area contributed by atoms with Crippen LogP contribution in [0.3, 0.4) is 0 Å². The minimum absolute atomic E-state index is 0.0894. The average molecular weight is 299 g/mol. The van der Waals surface area contributed by atoms with Gasteiger partial charge in [-0.2, -0.15) is 5.10 Å². The minimum atomic E-state index is 0.0894. The zero-order chi connectivity index (χ0) is 15.1. The third kappa shape index (κ3) is 4.57. The molecule has 0 aromatic heterocycles. The molecule has 0 unspecified atom stereocenters. The molecule has 0 heterocycles. The third-order valence-corrected chi connectivity index (χ3v) is 3.16. The molecule has 0 aliphatic heterocycles. The molecule has 0 amide bonds. The summed E-state index contributed by atoms with van der Waals surface area (Å²) in [5.74, 6) is 0.180. The number of phenolic OH excluding ortho intramolecular Hbond substituents is 1. The maximum absolute atomic E-state index is 9.60. The molecule has 2 aromatic carbocycles. The zero-order valence-electron chi connectivity index (χ0n) is 11.7. The summed E-state index contributed by atoms with van der Waals surface area (Å²) in [7, 11) is 0. The Balaban J connectivity index is 1.87. The normalized spacial score (nSPS) is 12.0. The molecule has 0 bridgehead atoms. The van der Waals surface area contributed by atoms with Gasteiger partial charge < -0.3 is 10.4 Å². The predicted molar refractivity (Wildman–Crippen MR) is 89.4 cm³/mol. The summed E-state index contributed by atoms with van der Waals surface area (Å²) < 4.78 is 0. The predicted octanol–water partition coefficient (Wildman–Crippen LogP) is 2.95. The van der Waals surface area contributed by atoms with Gasteiger partial charge in [0, 0.05) is 5.56 Å². The number of nitrogens with one attached hydrogen (secondary N) is 2. The number of hydrazone groups is 1. The fraction of sp³-hybridized carbons (Fsp3) is 0.125. The van der Waals surface area contributed by atoms with Crippen molar-refractivity contribution in [1.29, 1.82) is 0 Å². The minimum Gasteiger partial charge on any atom is -0.507 e. The van der Waals surface area contributed by atoms with E-state index in [-0.39, 0.29) is 11.8 Å². The lowest BCUT2D eigenvalue weighted by Crippen LogP contribution is -2.34. The second-order valence-electron chi connectivity index (χ2n) is 4.53. The number of phenols is 1. The van der Waals surface area contributed by atoms with Crippen LogP contribution in [0.5, 0.6) is 5.75 Å². The molecule has 0 aliphatic carbocycles. The van der Waals surface area contributed by atoms with Crippen molar-refractivity contribution in [2.75, 3.05) is 0 Å². The van der Waals surface area contributed by atoms with E-state index < -0.39 is 0 Å². The van der Waals surface area contributed by atoms with Crippen molar-refractivity contribution in [3.8, 4) is 5.75 Å². The Morgan fingerprint density at radius 3 is 2.52 bits per heavy atom. The number of aromatic hydroxyl groups is 1. The molecule has 2 aromatic rings. The summed E-state index contributed by atoms with van der Waals surface area (Å²) in [6, 6.07) is 17.1. The highest BCUT2D eigenvalue weighted by atomic mass is 32.1. The maximum Gasteiger partial charge on any atom is 0.187 e. The third-order valence-electron chi connectivity index (χ3n) is 2.95. The van der Waals surface area contributed by atoms with Crippen molar-refractivity contribution in [1.82, 2.24) is 10.7 Å². The molecule has 21 heavy (non-hydrogen) atoms. The highest BCUT2D eigenvalue weighted by Gasteiger charge is 2.05. The van der Waals surface area contributed by atoms with Crippen LogP contribution in [-0.2, 0) is 0 Å². The van der Waals surface area contributed by atoms with E-state index in [1.165, 1.54) is 6.21 Å². The first-order valence-corrected chi connectivity index (χ1v) is 7.00. The van der Waals surface area contributed by atoms with Crippen LogP contribution in [0.4, 0.5) is 0 Å². The van der Waals surface area contributed by atoms with E-state index in [0.717, 1.165) is 5.56 Å². The Morgan fingerprint density at radius 2 is 1.81 bits per heavy atom. The monoisotopic (exact) mass is 299 g/mol. The summed E-state index contributed by atoms with van der Waals surface area (Å²) in [5.41, 5.74) is 4.51. The van der Waals surface area contributed by atoms with Gasteiger partial charge in [0.1, 0.15) is 5.75 Å². The standard InChI is InChI=1S/C16H17N3OS/c1-12(13-7-3-2-4-8-13)18-16(21)19-17-11-14-9-5-6-10-15(14)20/h2-12,20H,1H3,(H2,18,19,21)/b17-11+/t12-/m1/s1. The van der Waals surface area contributed by atoms with E-state index in [1.807, 2.05) is 43.3 Å². The number of hydrogen-bond acceptors (Lipinski definition) is 3. The van der Waals surface area contributed by atoms with Crippen molar-refractivity contribution in [2.24, 2.45) is 5.10 Å². The number of nitrogens with zero attached hydrogens (tertiary/aromatic N) is 1. The van der Waals surface area contributed by atoms with Gasteiger partial charge in [0.25, 0.3) is 0 Å². The lowest BCUT2D eigenvalue weighted by atomic mass is 10.1. The Kier molecular flexibility index (Phi) is 5.29. The van der Waals surface area contributed by atoms with E-state index in [0.29, 0.717) is 10.7 Å². The van der Waals surface area contributed by atoms with E-state index in [1.54, 1.807) is 18.2 Å². The molecule has 1 atom stereocenters. The van der Waals surface area contributed by atoms with Crippen LogP contribution in [0.25, 0.3) is 0 Å². The van der Waals surface area contributed by atoms with Crippen molar-refractivity contribution < 1.29 is 5.11 Å². The molecule has 0 saturated heterocycles. The number of hydrogen-bond donors (Lipinski definition) is 3. The smallest absolute Gasteiger partial charge is 0.187 e. The Bertz CT molecular complexity index is 628. The number of thiocarbonyl (C=S) groups is 1. The van der Waals surface area contributed by atoms with Gasteiger partial charge in [-0.25, -0.2) is 0 Å². The van der Waals surface area contributed by atoms with Crippen LogP contribution < -0.4 is 10.7 Å². The topological polar surface area (TPSA) is 56.7 Å². The molecular weight excluding hydrogens is 282 g/mol. The maximum atomic E-state index is 9.60. The largest absolute Gasteiger partial charge is 0.507 e. The zero-order valence-corrected chi connectivity index (χ0v) is 12.5. The highest BCUT2D eigenvalue weighted by molar-refractivity contribution is 7.80. The molecule has 0 aliphatic rings. The lowest BCUT2D eigenvalue weighted by molar-refractivity contribution is 0.474. The summed E-state index contributed by atoms with van der Waals surface area (Å²) in [5, 5.41) is 17.2. The van der Waals surface area contributed by atoms with Crippen LogP contribution in [0.2, 0.25) is 0 Å². The number of rotatable bonds is 4. The average Bonchev–Trinajstić information content (AvgIpc) is 2.50. The molecule has 5 heteroatoms. The van der Waals surface area contributed by atoms with Crippen LogP contribution in [0.1, 0.15) is 24.1 Å². The first-order valence-electron chi connectivity index (χ1n) is 6.59. The molecule has 108 valence electrons. The van der Waals surface area contributed by atoms with E-state index in [2.05, 4.69) is 15.8 Å². The number of para-hydroxylation sites is 1. The van der Waals surface area contributed by atoms with E-state index >= 15 is 0 Å². The van der Waals surface area contributed by atoms with Gasteiger partial charge in [-0.15, -0.1) is 0 Å². The first kappa shape index (κ1) is 15.0. The molecular formula is C16H17N3OS. The van der Waals surface area contributed by atoms with Gasteiger partial charge in [0.05, 0.1) is 12.3 Å². The number of benzene rings is 2. The van der Waals surface area contributed by atoms with Crippen LogP contribution >= 0.6 is 12.2 Å². The van der Waals surface area contributed by atoms with Gasteiger partial charge in [-0.3, -0.25) is 5.43 Å². The van der Waals surface area contributed by atoms with E-state index in [4.69, 9.17) is 12.2 Å². The second kappa shape index (κ2) is 7.40. The van der Waals surface area contributed by atoms with Gasteiger partial charge in [-0.1, -0.05) is 42.5 Å². The molecule has 2 rings (SSSR count). The van der Waals surface area contributed by atoms with Crippen LogP contribution in [-0.4, -0.2) is 16.4 Å². The molecule has 0 radical (unpaired) electrons. The molecule has 0 saturated carbocycles. The fourth-order valence-electron chi connectivity index (χ4n) is 1.81. The summed E-state index contributed by atoms with van der Waals surface area (Å²) in [6.45, 7) is 2.02. The van der Waals surface area contributed by atoms with Crippen LogP contribution in [0, 0.1) is 0 Å². The van der Waals surface area contributed by atoms with Crippen LogP contribution in [0.15, 0.2) is 59.7 Å². The molecule has 3 N–H and O–H groups in total. The van der Waals surface area contributed by atoms with Gasteiger partial charge in [0.2, 0.25) is 0 Å². The molecule has 0 spiro atoms. The van der Waals surface area contributed by atoms with Gasteiger partial charge in [-0.05, 0) is 36.8 Å². The Labute approximate surface area is 129 Å². The highest BCUT2D eigenvalue weighted by Crippen LogP contribution is 2.12. The van der Waals surface area contributed by atoms with Crippen molar-refractivity contribution >= 4 is 23.5 Å². The second-order valence-corrected chi connectivity index (χ2v) is 4.94. The van der Waals surface area contributed by atoms with Gasteiger partial charge in [0.15, 0.2) is 5.11 Å². The summed E-state index contributed by atoms with van der Waals surface area (Å²) in [6.07, 6.45) is 1.52. The first-order chi connectivity index (χ1) is 10.2. The Hall–Kier alpha value is -2.40. The quantitative estimate of drug-likeness (QED) is 0.461. The van der Waals surface area contributed by atoms with Gasteiger partial charge >= 0.3 is 0 Å². The molecule has 4 nitrogen and oxygen atoms in total. The summed E-state index contributed by atoms with van der Waals surface area (Å²) in [4.78, 5) is 0. The van der Waals surface area contributed by atoms with Crippen molar-refractivity contribution in [3.05, 3.63) is 65.7 Å². The Morgan fingerprint density at radius 1 is 1.14 bits per heavy atom. The lowest BCUT2D eigenvalue weighted by Gasteiger charge is -2.15. The SMILES string of the molecule is C[C@@H](NC(=S)N/N=C/c1ccccc1O)c1ccccc1. The van der Waals surface area contributed by atoms with E-state index in [9.17, 15) is 5.11 Å². The fourth-order valence-corrected chi connectivity index (χ4v) is 2.04. The summed E-state index contributed by atoms with van der Waals surface area (Å²) >= 11 is 5.18. The molecule has 0 fully saturated rings. The van der Waals surface area contributed by atoms with Crippen molar-refractivity contribution in [3.63, 3.8) is 0 Å².